The lowest BCUT2D eigenvalue weighted by Gasteiger charge is -2.18. The van der Waals surface area contributed by atoms with Crippen molar-refractivity contribution in [2.24, 2.45) is 0 Å². The molecule has 138 valence electrons. The maximum Gasteiger partial charge on any atom is 0.227 e. The molecular formula is C22H22N2O3. The number of ether oxygens (including phenoxy) is 2. The van der Waals surface area contributed by atoms with E-state index in [9.17, 15) is 4.79 Å². The molecule has 1 aliphatic heterocycles. The summed E-state index contributed by atoms with van der Waals surface area (Å²) in [6.45, 7) is 1.30. The average molecular weight is 362 g/mol. The third-order valence-electron chi connectivity index (χ3n) is 4.92. The van der Waals surface area contributed by atoms with Gasteiger partial charge in [-0.3, -0.25) is 9.78 Å². The van der Waals surface area contributed by atoms with Gasteiger partial charge in [0.05, 0.1) is 20.1 Å². The largest absolute Gasteiger partial charge is 0.496 e. The zero-order valence-electron chi connectivity index (χ0n) is 15.3. The molecule has 1 aromatic heterocycles. The van der Waals surface area contributed by atoms with Crippen LogP contribution in [-0.2, 0) is 11.2 Å². The van der Waals surface area contributed by atoms with Crippen LogP contribution in [0.15, 0.2) is 60.8 Å². The summed E-state index contributed by atoms with van der Waals surface area (Å²) in [6, 6.07) is 17.5. The van der Waals surface area contributed by atoms with Crippen LogP contribution in [0.4, 0.5) is 0 Å². The summed E-state index contributed by atoms with van der Waals surface area (Å²) in [4.78, 5) is 19.0. The van der Waals surface area contributed by atoms with Crippen molar-refractivity contribution in [2.45, 2.75) is 18.9 Å². The van der Waals surface area contributed by atoms with Crippen LogP contribution in [0.5, 0.6) is 11.5 Å². The Kier molecular flexibility index (Phi) is 4.92. The number of rotatable bonds is 5. The molecule has 3 aromatic rings. The lowest BCUT2D eigenvalue weighted by molar-refractivity contribution is -0.129. The molecule has 1 atom stereocenters. The number of fused-ring (bicyclic) bond motifs is 1. The van der Waals surface area contributed by atoms with E-state index in [2.05, 4.69) is 4.98 Å². The first-order valence-electron chi connectivity index (χ1n) is 9.14. The van der Waals surface area contributed by atoms with Crippen LogP contribution in [0.25, 0.3) is 10.9 Å². The first-order chi connectivity index (χ1) is 13.2. The Balaban J connectivity index is 1.42. The number of carbonyl (C=O) groups excluding carboxylic acids is 1. The van der Waals surface area contributed by atoms with E-state index in [1.807, 2.05) is 59.5 Å². The van der Waals surface area contributed by atoms with Crippen molar-refractivity contribution in [1.82, 2.24) is 9.88 Å². The molecule has 1 unspecified atom stereocenters. The molecule has 1 fully saturated rings. The summed E-state index contributed by atoms with van der Waals surface area (Å²) in [7, 11) is 1.63. The number of carbonyl (C=O) groups is 1. The smallest absolute Gasteiger partial charge is 0.227 e. The molecule has 1 aliphatic rings. The van der Waals surface area contributed by atoms with Crippen LogP contribution in [0, 0.1) is 0 Å². The molecule has 5 heteroatoms. The Morgan fingerprint density at radius 2 is 1.93 bits per heavy atom. The Morgan fingerprint density at radius 3 is 2.81 bits per heavy atom. The number of hydrogen-bond donors (Lipinski definition) is 0. The number of nitrogens with zero attached hydrogens (tertiary/aromatic N) is 2. The maximum atomic E-state index is 12.7. The highest BCUT2D eigenvalue weighted by atomic mass is 16.5. The lowest BCUT2D eigenvalue weighted by atomic mass is 10.1. The van der Waals surface area contributed by atoms with Crippen molar-refractivity contribution >= 4 is 16.8 Å². The summed E-state index contributed by atoms with van der Waals surface area (Å²) in [6.07, 6.45) is 2.92. The summed E-state index contributed by atoms with van der Waals surface area (Å²) in [5.74, 6) is 1.62. The van der Waals surface area contributed by atoms with Crippen LogP contribution in [0.3, 0.4) is 0 Å². The predicted molar refractivity (Wildman–Crippen MR) is 104 cm³/mol. The van der Waals surface area contributed by atoms with E-state index in [0.29, 0.717) is 19.5 Å². The SMILES string of the molecule is COc1ccccc1CC(=O)N1CCC(Oc2cccc3cccnc23)C1. The van der Waals surface area contributed by atoms with E-state index in [-0.39, 0.29) is 12.0 Å². The molecule has 2 aromatic carbocycles. The molecule has 2 heterocycles. The van der Waals surface area contributed by atoms with Gasteiger partial charge in [0.2, 0.25) is 5.91 Å². The Bertz CT molecular complexity index is 952. The molecule has 1 saturated heterocycles. The zero-order valence-corrected chi connectivity index (χ0v) is 15.3. The summed E-state index contributed by atoms with van der Waals surface area (Å²) in [5, 5.41) is 1.05. The zero-order chi connectivity index (χ0) is 18.6. The second-order valence-corrected chi connectivity index (χ2v) is 6.69. The fourth-order valence-electron chi connectivity index (χ4n) is 3.53. The minimum absolute atomic E-state index is 0.0146. The van der Waals surface area contributed by atoms with Gasteiger partial charge in [-0.15, -0.1) is 0 Å². The van der Waals surface area contributed by atoms with E-state index in [4.69, 9.17) is 9.47 Å². The number of methoxy groups -OCH3 is 1. The van der Waals surface area contributed by atoms with Gasteiger partial charge in [-0.1, -0.05) is 36.4 Å². The number of para-hydroxylation sites is 2. The van der Waals surface area contributed by atoms with Gasteiger partial charge in [0, 0.05) is 30.1 Å². The highest BCUT2D eigenvalue weighted by Crippen LogP contribution is 2.26. The Hall–Kier alpha value is -3.08. The van der Waals surface area contributed by atoms with Gasteiger partial charge < -0.3 is 14.4 Å². The Morgan fingerprint density at radius 1 is 1.11 bits per heavy atom. The third-order valence-corrected chi connectivity index (χ3v) is 4.92. The molecular weight excluding hydrogens is 340 g/mol. The van der Waals surface area contributed by atoms with E-state index in [0.717, 1.165) is 34.4 Å². The van der Waals surface area contributed by atoms with Gasteiger partial charge in [-0.25, -0.2) is 0 Å². The molecule has 1 amide bonds. The summed E-state index contributed by atoms with van der Waals surface area (Å²) in [5.41, 5.74) is 1.77. The topological polar surface area (TPSA) is 51.7 Å². The Labute approximate surface area is 158 Å². The van der Waals surface area contributed by atoms with Gasteiger partial charge in [0.15, 0.2) is 0 Å². The van der Waals surface area contributed by atoms with Crippen LogP contribution < -0.4 is 9.47 Å². The molecule has 0 saturated carbocycles. The van der Waals surface area contributed by atoms with Crippen molar-refractivity contribution in [3.63, 3.8) is 0 Å². The molecule has 4 rings (SSSR count). The van der Waals surface area contributed by atoms with Crippen molar-refractivity contribution in [2.75, 3.05) is 20.2 Å². The van der Waals surface area contributed by atoms with Gasteiger partial charge >= 0.3 is 0 Å². The molecule has 0 radical (unpaired) electrons. The van der Waals surface area contributed by atoms with E-state index >= 15 is 0 Å². The third kappa shape index (κ3) is 3.72. The fourth-order valence-corrected chi connectivity index (χ4v) is 3.53. The van der Waals surface area contributed by atoms with Crippen LogP contribution in [-0.4, -0.2) is 42.1 Å². The number of pyridine rings is 1. The second kappa shape index (κ2) is 7.66. The molecule has 5 nitrogen and oxygen atoms in total. The van der Waals surface area contributed by atoms with Gasteiger partial charge in [-0.05, 0) is 18.2 Å². The van der Waals surface area contributed by atoms with Crippen molar-refractivity contribution in [3.8, 4) is 11.5 Å². The summed E-state index contributed by atoms with van der Waals surface area (Å²) >= 11 is 0. The number of hydrogen-bond acceptors (Lipinski definition) is 4. The molecule has 0 bridgehead atoms. The molecule has 0 N–H and O–H groups in total. The molecule has 27 heavy (non-hydrogen) atoms. The van der Waals surface area contributed by atoms with E-state index < -0.39 is 0 Å². The highest BCUT2D eigenvalue weighted by molar-refractivity contribution is 5.84. The van der Waals surface area contributed by atoms with E-state index in [1.165, 1.54) is 0 Å². The van der Waals surface area contributed by atoms with Crippen molar-refractivity contribution in [3.05, 3.63) is 66.4 Å². The van der Waals surface area contributed by atoms with Crippen LogP contribution in [0.2, 0.25) is 0 Å². The summed E-state index contributed by atoms with van der Waals surface area (Å²) < 4.78 is 11.5. The minimum atomic E-state index is -0.0146. The quantitative estimate of drug-likeness (QED) is 0.697. The molecule has 0 aliphatic carbocycles. The van der Waals surface area contributed by atoms with Crippen molar-refractivity contribution in [1.29, 1.82) is 0 Å². The predicted octanol–water partition coefficient (Wildman–Crippen LogP) is 3.47. The number of benzene rings is 2. The fraction of sp³-hybridized carbons (Fsp3) is 0.273. The van der Waals surface area contributed by atoms with Crippen LogP contribution >= 0.6 is 0 Å². The number of amides is 1. The highest BCUT2D eigenvalue weighted by Gasteiger charge is 2.28. The van der Waals surface area contributed by atoms with Crippen LogP contribution in [0.1, 0.15) is 12.0 Å². The normalized spacial score (nSPS) is 16.5. The number of likely N-dealkylation sites (tertiary alicyclic amines) is 1. The van der Waals surface area contributed by atoms with Crippen molar-refractivity contribution < 1.29 is 14.3 Å². The standard InChI is InChI=1S/C22H22N2O3/c1-26-19-9-3-2-6-17(19)14-21(25)24-13-11-18(15-24)27-20-10-4-7-16-8-5-12-23-22(16)20/h2-10,12,18H,11,13-15H2,1H3. The maximum absolute atomic E-state index is 12.7. The van der Waals surface area contributed by atoms with Gasteiger partial charge in [0.25, 0.3) is 0 Å². The number of aromatic nitrogens is 1. The second-order valence-electron chi connectivity index (χ2n) is 6.69. The first-order valence-corrected chi connectivity index (χ1v) is 9.14. The van der Waals surface area contributed by atoms with Gasteiger partial charge in [0.1, 0.15) is 23.1 Å². The van der Waals surface area contributed by atoms with E-state index in [1.54, 1.807) is 13.3 Å². The minimum Gasteiger partial charge on any atom is -0.496 e. The average Bonchev–Trinajstić information content (AvgIpc) is 3.17. The first kappa shape index (κ1) is 17.3. The monoisotopic (exact) mass is 362 g/mol. The molecule has 0 spiro atoms. The lowest BCUT2D eigenvalue weighted by Crippen LogP contribution is -2.32. The van der Waals surface area contributed by atoms with Gasteiger partial charge in [-0.2, -0.15) is 0 Å².